The maximum atomic E-state index is 5.35. The number of nitrogens with one attached hydrogen (secondary N) is 1. The first-order chi connectivity index (χ1) is 7.19. The first-order valence-electron chi connectivity index (χ1n) is 4.91. The molecule has 1 aromatic carbocycles. The minimum atomic E-state index is 0.828. The standard InChI is InChI=1S/C11H15Br2NO/c1-3-4-14-7-8-5-9(12)6-10(13)11(8)15-2/h5-6,14H,3-4,7H2,1-2H3. The highest BCUT2D eigenvalue weighted by Crippen LogP contribution is 2.32. The van der Waals surface area contributed by atoms with Gasteiger partial charge >= 0.3 is 0 Å². The predicted octanol–water partition coefficient (Wildman–Crippen LogP) is 3.72. The Balaban J connectivity index is 2.84. The number of hydrogen-bond acceptors (Lipinski definition) is 2. The Labute approximate surface area is 108 Å². The van der Waals surface area contributed by atoms with Crippen LogP contribution in [0.5, 0.6) is 5.75 Å². The topological polar surface area (TPSA) is 21.3 Å². The molecule has 2 nitrogen and oxygen atoms in total. The van der Waals surface area contributed by atoms with Crippen molar-refractivity contribution in [2.24, 2.45) is 0 Å². The van der Waals surface area contributed by atoms with E-state index in [1.165, 1.54) is 0 Å². The van der Waals surface area contributed by atoms with Crippen molar-refractivity contribution in [2.45, 2.75) is 19.9 Å². The smallest absolute Gasteiger partial charge is 0.137 e. The van der Waals surface area contributed by atoms with Crippen molar-refractivity contribution in [1.82, 2.24) is 5.32 Å². The Bertz CT molecular complexity index is 329. The summed E-state index contributed by atoms with van der Waals surface area (Å²) in [5.41, 5.74) is 1.16. The van der Waals surface area contributed by atoms with Crippen LogP contribution in [0.3, 0.4) is 0 Å². The van der Waals surface area contributed by atoms with Gasteiger partial charge in [0.25, 0.3) is 0 Å². The van der Waals surface area contributed by atoms with Crippen LogP contribution in [0.2, 0.25) is 0 Å². The Kier molecular flexibility index (Phi) is 5.64. The number of halogens is 2. The fraction of sp³-hybridized carbons (Fsp3) is 0.455. The summed E-state index contributed by atoms with van der Waals surface area (Å²) in [6.45, 7) is 4.00. The maximum absolute atomic E-state index is 5.35. The second-order valence-corrected chi connectivity index (χ2v) is 5.03. The summed E-state index contributed by atoms with van der Waals surface area (Å²) in [4.78, 5) is 0. The second kappa shape index (κ2) is 6.51. The van der Waals surface area contributed by atoms with Crippen LogP contribution in [0.15, 0.2) is 21.1 Å². The molecule has 0 aliphatic rings. The van der Waals surface area contributed by atoms with Gasteiger partial charge in [-0.25, -0.2) is 0 Å². The summed E-state index contributed by atoms with van der Waals surface area (Å²) >= 11 is 6.96. The molecular formula is C11H15Br2NO. The number of methoxy groups -OCH3 is 1. The van der Waals surface area contributed by atoms with Crippen molar-refractivity contribution in [2.75, 3.05) is 13.7 Å². The van der Waals surface area contributed by atoms with Gasteiger partial charge in [-0.1, -0.05) is 22.9 Å². The Hall–Kier alpha value is -0.0600. The Morgan fingerprint density at radius 1 is 1.33 bits per heavy atom. The largest absolute Gasteiger partial charge is 0.495 e. The zero-order valence-corrected chi connectivity index (χ0v) is 12.1. The van der Waals surface area contributed by atoms with Crippen molar-refractivity contribution < 1.29 is 4.74 Å². The van der Waals surface area contributed by atoms with Crippen molar-refractivity contribution in [3.05, 3.63) is 26.6 Å². The molecule has 84 valence electrons. The van der Waals surface area contributed by atoms with E-state index in [4.69, 9.17) is 4.74 Å². The highest BCUT2D eigenvalue weighted by Gasteiger charge is 2.08. The monoisotopic (exact) mass is 335 g/mol. The van der Waals surface area contributed by atoms with E-state index in [9.17, 15) is 0 Å². The predicted molar refractivity (Wildman–Crippen MR) is 70.4 cm³/mol. The normalized spacial score (nSPS) is 10.4. The second-order valence-electron chi connectivity index (χ2n) is 3.26. The molecule has 0 unspecified atom stereocenters. The van der Waals surface area contributed by atoms with Gasteiger partial charge < -0.3 is 10.1 Å². The van der Waals surface area contributed by atoms with E-state index in [1.807, 2.05) is 6.07 Å². The van der Waals surface area contributed by atoms with Crippen LogP contribution >= 0.6 is 31.9 Å². The zero-order chi connectivity index (χ0) is 11.3. The van der Waals surface area contributed by atoms with Gasteiger partial charge in [-0.2, -0.15) is 0 Å². The summed E-state index contributed by atoms with van der Waals surface area (Å²) in [7, 11) is 1.69. The molecule has 1 aromatic rings. The molecule has 0 saturated heterocycles. The lowest BCUT2D eigenvalue weighted by atomic mass is 10.2. The van der Waals surface area contributed by atoms with Crippen molar-refractivity contribution >= 4 is 31.9 Å². The minimum Gasteiger partial charge on any atom is -0.495 e. The molecule has 0 bridgehead atoms. The summed E-state index contributed by atoms with van der Waals surface area (Å²) in [5, 5.41) is 3.36. The van der Waals surface area contributed by atoms with Gasteiger partial charge in [0.1, 0.15) is 5.75 Å². The first-order valence-corrected chi connectivity index (χ1v) is 6.50. The highest BCUT2D eigenvalue weighted by molar-refractivity contribution is 9.11. The molecule has 0 fully saturated rings. The fourth-order valence-corrected chi connectivity index (χ4v) is 2.85. The molecule has 0 aliphatic heterocycles. The van der Waals surface area contributed by atoms with Gasteiger partial charge in [-0.05, 0) is 41.0 Å². The van der Waals surface area contributed by atoms with Crippen molar-refractivity contribution in [1.29, 1.82) is 0 Å². The van der Waals surface area contributed by atoms with E-state index in [-0.39, 0.29) is 0 Å². The molecule has 0 radical (unpaired) electrons. The van der Waals surface area contributed by atoms with E-state index in [0.29, 0.717) is 0 Å². The van der Waals surface area contributed by atoms with Crippen molar-refractivity contribution in [3.63, 3.8) is 0 Å². The lowest BCUT2D eigenvalue weighted by Gasteiger charge is -2.11. The summed E-state index contributed by atoms with van der Waals surface area (Å²) in [5.74, 6) is 0.904. The minimum absolute atomic E-state index is 0.828. The van der Waals surface area contributed by atoms with E-state index >= 15 is 0 Å². The molecule has 15 heavy (non-hydrogen) atoms. The van der Waals surface area contributed by atoms with Crippen LogP contribution in [0.4, 0.5) is 0 Å². The summed E-state index contributed by atoms with van der Waals surface area (Å²) in [6.07, 6.45) is 1.14. The first kappa shape index (κ1) is 13.0. The SMILES string of the molecule is CCCNCc1cc(Br)cc(Br)c1OC. The van der Waals surface area contributed by atoms with E-state index in [2.05, 4.69) is 50.2 Å². The van der Waals surface area contributed by atoms with E-state index in [1.54, 1.807) is 7.11 Å². The average Bonchev–Trinajstić information content (AvgIpc) is 2.17. The molecule has 0 heterocycles. The van der Waals surface area contributed by atoms with Crippen LogP contribution in [0.25, 0.3) is 0 Å². The van der Waals surface area contributed by atoms with Gasteiger partial charge in [0.05, 0.1) is 11.6 Å². The third-order valence-electron chi connectivity index (χ3n) is 2.03. The molecule has 1 rings (SSSR count). The third kappa shape index (κ3) is 3.78. The average molecular weight is 337 g/mol. The molecule has 0 atom stereocenters. The van der Waals surface area contributed by atoms with Gasteiger partial charge in [-0.15, -0.1) is 0 Å². The Morgan fingerprint density at radius 3 is 2.67 bits per heavy atom. The lowest BCUT2D eigenvalue weighted by molar-refractivity contribution is 0.405. The van der Waals surface area contributed by atoms with Crippen LogP contribution in [-0.4, -0.2) is 13.7 Å². The number of hydrogen-bond donors (Lipinski definition) is 1. The molecule has 0 amide bonds. The number of ether oxygens (including phenoxy) is 1. The number of rotatable bonds is 5. The molecular weight excluding hydrogens is 322 g/mol. The van der Waals surface area contributed by atoms with Gasteiger partial charge in [0.15, 0.2) is 0 Å². The van der Waals surface area contributed by atoms with Crippen LogP contribution in [-0.2, 0) is 6.54 Å². The zero-order valence-electron chi connectivity index (χ0n) is 8.94. The highest BCUT2D eigenvalue weighted by atomic mass is 79.9. The molecule has 1 N–H and O–H groups in total. The summed E-state index contributed by atoms with van der Waals surface area (Å²) in [6, 6.07) is 4.06. The third-order valence-corrected chi connectivity index (χ3v) is 3.08. The molecule has 0 aromatic heterocycles. The Morgan fingerprint density at radius 2 is 2.07 bits per heavy atom. The molecule has 0 spiro atoms. The van der Waals surface area contributed by atoms with Gasteiger partial charge in [0.2, 0.25) is 0 Å². The lowest BCUT2D eigenvalue weighted by Crippen LogP contribution is -2.14. The van der Waals surface area contributed by atoms with E-state index < -0.39 is 0 Å². The fourth-order valence-electron chi connectivity index (χ4n) is 1.37. The van der Waals surface area contributed by atoms with Crippen LogP contribution < -0.4 is 10.1 Å². The molecule has 0 aliphatic carbocycles. The van der Waals surface area contributed by atoms with Crippen molar-refractivity contribution in [3.8, 4) is 5.75 Å². The maximum Gasteiger partial charge on any atom is 0.137 e. The quantitative estimate of drug-likeness (QED) is 0.827. The van der Waals surface area contributed by atoms with Crippen LogP contribution in [0, 0.1) is 0 Å². The van der Waals surface area contributed by atoms with E-state index in [0.717, 1.165) is 39.8 Å². The van der Waals surface area contributed by atoms with Crippen LogP contribution in [0.1, 0.15) is 18.9 Å². The molecule has 0 saturated carbocycles. The number of benzene rings is 1. The summed E-state index contributed by atoms with van der Waals surface area (Å²) < 4.78 is 7.39. The molecule has 4 heteroatoms. The van der Waals surface area contributed by atoms with Gasteiger partial charge in [0, 0.05) is 16.6 Å². The van der Waals surface area contributed by atoms with Gasteiger partial charge in [-0.3, -0.25) is 0 Å².